The van der Waals surface area contributed by atoms with E-state index >= 15 is 0 Å². The zero-order chi connectivity index (χ0) is 20.3. The van der Waals surface area contributed by atoms with Gasteiger partial charge >= 0.3 is 0 Å². The van der Waals surface area contributed by atoms with E-state index in [1.54, 1.807) is 7.11 Å². The summed E-state index contributed by atoms with van der Waals surface area (Å²) in [5.41, 5.74) is 7.68. The van der Waals surface area contributed by atoms with Gasteiger partial charge in [-0.05, 0) is 54.8 Å². The number of nitrogens with zero attached hydrogens (tertiary/aromatic N) is 2. The third-order valence-corrected chi connectivity index (χ3v) is 5.64. The lowest BCUT2D eigenvalue weighted by Crippen LogP contribution is -2.38. The van der Waals surface area contributed by atoms with Crippen LogP contribution in [0.3, 0.4) is 0 Å². The number of aromatic amines is 1. The maximum absolute atomic E-state index is 13.3. The quantitative estimate of drug-likeness (QED) is 0.597. The molecule has 1 heterocycles. The molecule has 0 saturated heterocycles. The van der Waals surface area contributed by atoms with Crippen LogP contribution in [0.15, 0.2) is 48.5 Å². The Morgan fingerprint density at radius 1 is 1.21 bits per heavy atom. The van der Waals surface area contributed by atoms with E-state index in [4.69, 9.17) is 10.5 Å². The Labute approximate surface area is 169 Å². The van der Waals surface area contributed by atoms with Crippen LogP contribution in [0.5, 0.6) is 5.75 Å². The molecule has 0 unspecified atom stereocenters. The first kappa shape index (κ1) is 19.1. The number of H-pyrrole nitrogens is 1. The summed E-state index contributed by atoms with van der Waals surface area (Å²) in [7, 11) is 1.65. The average molecular weight is 391 g/mol. The number of amides is 1. The van der Waals surface area contributed by atoms with Gasteiger partial charge in [0.25, 0.3) is 0 Å². The van der Waals surface area contributed by atoms with Crippen molar-refractivity contribution in [2.45, 2.75) is 37.6 Å². The summed E-state index contributed by atoms with van der Waals surface area (Å²) in [6, 6.07) is 15.4. The lowest BCUT2D eigenvalue weighted by Gasteiger charge is -2.28. The number of carbonyl (C=O) groups excluding carboxylic acids is 1. The van der Waals surface area contributed by atoms with Crippen molar-refractivity contribution in [2.75, 3.05) is 12.4 Å². The van der Waals surface area contributed by atoms with Crippen molar-refractivity contribution in [3.05, 3.63) is 59.9 Å². The molecule has 0 aliphatic heterocycles. The maximum Gasteiger partial charge on any atom is 0.235 e. The highest BCUT2D eigenvalue weighted by atomic mass is 16.5. The second-order valence-electron chi connectivity index (χ2n) is 7.36. The molecule has 1 aromatic heterocycles. The van der Waals surface area contributed by atoms with Crippen molar-refractivity contribution in [3.63, 3.8) is 0 Å². The van der Waals surface area contributed by atoms with Gasteiger partial charge in [-0.2, -0.15) is 5.10 Å². The van der Waals surface area contributed by atoms with Gasteiger partial charge in [-0.25, -0.2) is 4.98 Å². The predicted molar refractivity (Wildman–Crippen MR) is 111 cm³/mol. The van der Waals surface area contributed by atoms with E-state index in [0.717, 1.165) is 48.2 Å². The number of nitrogens with one attached hydrogen (secondary N) is 2. The summed E-state index contributed by atoms with van der Waals surface area (Å²) in [4.78, 5) is 17.7. The van der Waals surface area contributed by atoms with E-state index in [0.29, 0.717) is 18.2 Å². The summed E-state index contributed by atoms with van der Waals surface area (Å²) in [5.74, 6) is 2.03. The molecular weight excluding hydrogens is 366 g/mol. The first-order valence-corrected chi connectivity index (χ1v) is 9.82. The lowest BCUT2D eigenvalue weighted by atomic mass is 9.78. The predicted octanol–water partition coefficient (Wildman–Crippen LogP) is 3.39. The molecule has 0 atom stereocenters. The number of carbonyl (C=O) groups is 1. The van der Waals surface area contributed by atoms with Crippen molar-refractivity contribution in [1.82, 2.24) is 15.2 Å². The van der Waals surface area contributed by atoms with Gasteiger partial charge in [-0.1, -0.05) is 25.0 Å². The normalized spacial score (nSPS) is 15.2. The topological polar surface area (TPSA) is 106 Å². The third-order valence-electron chi connectivity index (χ3n) is 5.64. The minimum absolute atomic E-state index is 0.0271. The number of nitrogens with two attached hydrogens (primary N) is 1. The van der Waals surface area contributed by atoms with Crippen LogP contribution in [0, 0.1) is 0 Å². The second kappa shape index (κ2) is 8.05. The molecule has 2 aromatic carbocycles. The Hall–Kier alpha value is -3.19. The molecule has 150 valence electrons. The zero-order valence-electron chi connectivity index (χ0n) is 16.4. The molecule has 1 aliphatic carbocycles. The fourth-order valence-electron chi connectivity index (χ4n) is 4.02. The molecule has 1 saturated carbocycles. The van der Waals surface area contributed by atoms with Gasteiger partial charge in [-0.3, -0.25) is 9.89 Å². The number of aromatic nitrogens is 3. The number of ether oxygens (including phenoxy) is 1. The Morgan fingerprint density at radius 3 is 2.62 bits per heavy atom. The largest absolute Gasteiger partial charge is 0.497 e. The van der Waals surface area contributed by atoms with Gasteiger partial charge in [0, 0.05) is 11.3 Å². The van der Waals surface area contributed by atoms with Crippen LogP contribution in [0.25, 0.3) is 11.4 Å². The van der Waals surface area contributed by atoms with E-state index in [1.807, 2.05) is 48.5 Å². The third kappa shape index (κ3) is 3.73. The highest BCUT2D eigenvalue weighted by molar-refractivity contribution is 5.99. The summed E-state index contributed by atoms with van der Waals surface area (Å²) in [6.07, 6.45) is 3.75. The standard InChI is InChI=1S/C22H25N5O2/c1-29-18-6-4-5-16(13-18)22(11-2-3-12-22)21(28)24-17-9-7-15(8-10-17)20-25-19(14-23)26-27-20/h4-10,13H,2-3,11-12,14,23H2,1H3,(H,24,28)(H,25,26,27). The van der Waals surface area contributed by atoms with Crippen molar-refractivity contribution < 1.29 is 9.53 Å². The van der Waals surface area contributed by atoms with Crippen LogP contribution in [-0.4, -0.2) is 28.2 Å². The van der Waals surface area contributed by atoms with Gasteiger partial charge < -0.3 is 15.8 Å². The lowest BCUT2D eigenvalue weighted by molar-refractivity contribution is -0.121. The molecule has 3 aromatic rings. The molecule has 7 heteroatoms. The summed E-state index contributed by atoms with van der Waals surface area (Å²) in [5, 5.41) is 10.1. The summed E-state index contributed by atoms with van der Waals surface area (Å²) in [6.45, 7) is 0.313. The van der Waals surface area contributed by atoms with Crippen molar-refractivity contribution in [1.29, 1.82) is 0 Å². The molecular formula is C22H25N5O2. The van der Waals surface area contributed by atoms with Gasteiger partial charge in [0.2, 0.25) is 5.91 Å². The number of rotatable bonds is 6. The SMILES string of the molecule is COc1cccc(C2(C(=O)Nc3ccc(-c4n[nH]c(CN)n4)cc3)CCCC2)c1. The second-order valence-corrected chi connectivity index (χ2v) is 7.36. The average Bonchev–Trinajstić information content (AvgIpc) is 3.45. The van der Waals surface area contributed by atoms with Gasteiger partial charge in [0.15, 0.2) is 5.82 Å². The minimum Gasteiger partial charge on any atom is -0.497 e. The number of hydrogen-bond donors (Lipinski definition) is 3. The zero-order valence-corrected chi connectivity index (χ0v) is 16.4. The highest BCUT2D eigenvalue weighted by Crippen LogP contribution is 2.43. The first-order valence-electron chi connectivity index (χ1n) is 9.82. The van der Waals surface area contributed by atoms with Gasteiger partial charge in [0.1, 0.15) is 11.6 Å². The number of methoxy groups -OCH3 is 1. The van der Waals surface area contributed by atoms with E-state index in [1.165, 1.54) is 0 Å². The molecule has 0 bridgehead atoms. The molecule has 0 spiro atoms. The van der Waals surface area contributed by atoms with E-state index in [2.05, 4.69) is 20.5 Å². The molecule has 0 radical (unpaired) electrons. The van der Waals surface area contributed by atoms with E-state index in [-0.39, 0.29) is 5.91 Å². The van der Waals surface area contributed by atoms with Crippen molar-refractivity contribution in [2.24, 2.45) is 5.73 Å². The molecule has 4 N–H and O–H groups in total. The smallest absolute Gasteiger partial charge is 0.235 e. The molecule has 1 amide bonds. The summed E-state index contributed by atoms with van der Waals surface area (Å²) >= 11 is 0. The summed E-state index contributed by atoms with van der Waals surface area (Å²) < 4.78 is 5.37. The Bertz CT molecular complexity index is 990. The van der Waals surface area contributed by atoms with Crippen molar-refractivity contribution >= 4 is 11.6 Å². The number of hydrogen-bond acceptors (Lipinski definition) is 5. The minimum atomic E-state index is -0.521. The van der Waals surface area contributed by atoms with Crippen LogP contribution in [-0.2, 0) is 16.8 Å². The number of benzene rings is 2. The highest BCUT2D eigenvalue weighted by Gasteiger charge is 2.42. The monoisotopic (exact) mass is 391 g/mol. The Balaban J connectivity index is 1.55. The molecule has 1 fully saturated rings. The van der Waals surface area contributed by atoms with Gasteiger partial charge in [-0.15, -0.1) is 0 Å². The van der Waals surface area contributed by atoms with Crippen LogP contribution in [0.4, 0.5) is 5.69 Å². The van der Waals surface area contributed by atoms with Crippen molar-refractivity contribution in [3.8, 4) is 17.1 Å². The molecule has 1 aliphatic rings. The molecule has 29 heavy (non-hydrogen) atoms. The fourth-order valence-corrected chi connectivity index (χ4v) is 4.02. The van der Waals surface area contributed by atoms with Crippen LogP contribution in [0.1, 0.15) is 37.1 Å². The molecule has 4 rings (SSSR count). The van der Waals surface area contributed by atoms with E-state index in [9.17, 15) is 4.79 Å². The Morgan fingerprint density at radius 2 is 1.97 bits per heavy atom. The van der Waals surface area contributed by atoms with Crippen LogP contribution >= 0.6 is 0 Å². The Kier molecular flexibility index (Phi) is 5.31. The number of anilines is 1. The molecule has 7 nitrogen and oxygen atoms in total. The fraction of sp³-hybridized carbons (Fsp3) is 0.318. The van der Waals surface area contributed by atoms with Crippen LogP contribution < -0.4 is 15.8 Å². The maximum atomic E-state index is 13.3. The first-order chi connectivity index (χ1) is 14.1. The van der Waals surface area contributed by atoms with Gasteiger partial charge in [0.05, 0.1) is 19.1 Å². The van der Waals surface area contributed by atoms with Crippen LogP contribution in [0.2, 0.25) is 0 Å². The van der Waals surface area contributed by atoms with E-state index < -0.39 is 5.41 Å².